The molecular formula is C46H58N4O10S2. The van der Waals surface area contributed by atoms with E-state index in [0.29, 0.717) is 82.2 Å². The van der Waals surface area contributed by atoms with Gasteiger partial charge >= 0.3 is 0 Å². The number of methoxy groups -OCH3 is 4. The largest absolute Gasteiger partial charge is 0.496 e. The van der Waals surface area contributed by atoms with Gasteiger partial charge in [-0.3, -0.25) is 9.59 Å². The normalized spacial score (nSPS) is 16.7. The first-order valence-electron chi connectivity index (χ1n) is 21.1. The number of benzene rings is 4. The quantitative estimate of drug-likeness (QED) is 0.125. The molecule has 4 aromatic carbocycles. The summed E-state index contributed by atoms with van der Waals surface area (Å²) in [7, 11) is -1.65. The number of nitrogens with zero attached hydrogens (tertiary/aromatic N) is 2. The molecule has 2 aliphatic rings. The Balaban J connectivity index is 1.02. The fourth-order valence-electron chi connectivity index (χ4n) is 8.10. The minimum atomic E-state index is -3.92. The van der Waals surface area contributed by atoms with Gasteiger partial charge < -0.3 is 29.6 Å². The minimum Gasteiger partial charge on any atom is -0.496 e. The number of rotatable bonds is 17. The van der Waals surface area contributed by atoms with E-state index >= 15 is 0 Å². The van der Waals surface area contributed by atoms with Crippen LogP contribution in [0.4, 0.5) is 0 Å². The van der Waals surface area contributed by atoms with E-state index in [0.717, 1.165) is 48.8 Å². The highest BCUT2D eigenvalue weighted by Crippen LogP contribution is 2.33. The average Bonchev–Trinajstić information content (AvgIpc) is 3.74. The van der Waals surface area contributed by atoms with E-state index in [1.165, 1.54) is 59.2 Å². The maximum atomic E-state index is 14.0. The van der Waals surface area contributed by atoms with E-state index in [2.05, 4.69) is 22.8 Å². The molecular weight excluding hydrogens is 833 g/mol. The van der Waals surface area contributed by atoms with Crippen LogP contribution in [0.25, 0.3) is 0 Å². The van der Waals surface area contributed by atoms with E-state index in [1.807, 2.05) is 24.3 Å². The van der Waals surface area contributed by atoms with Crippen LogP contribution in [-0.2, 0) is 32.9 Å². The molecule has 2 aliphatic heterocycles. The Morgan fingerprint density at radius 2 is 1.00 bits per heavy atom. The van der Waals surface area contributed by atoms with Crippen LogP contribution in [-0.4, -0.2) is 105 Å². The summed E-state index contributed by atoms with van der Waals surface area (Å²) in [6, 6.07) is 22.5. The van der Waals surface area contributed by atoms with Crippen LogP contribution in [0.1, 0.15) is 88.3 Å². The Morgan fingerprint density at radius 3 is 1.53 bits per heavy atom. The van der Waals surface area contributed by atoms with Crippen LogP contribution in [0.2, 0.25) is 0 Å². The summed E-state index contributed by atoms with van der Waals surface area (Å²) in [6.07, 6.45) is 6.81. The number of sulfonamides is 2. The first-order chi connectivity index (χ1) is 29.9. The maximum absolute atomic E-state index is 14.0. The molecule has 62 heavy (non-hydrogen) atoms. The van der Waals surface area contributed by atoms with Crippen molar-refractivity contribution >= 4 is 31.9 Å². The molecule has 0 radical (unpaired) electrons. The second-order valence-corrected chi connectivity index (χ2v) is 19.4. The lowest BCUT2D eigenvalue weighted by Gasteiger charge is -2.21. The highest BCUT2D eigenvalue weighted by atomic mass is 32.2. The molecule has 6 rings (SSSR count). The second kappa shape index (κ2) is 21.3. The smallest absolute Gasteiger partial charge is 0.255 e. The predicted octanol–water partition coefficient (Wildman–Crippen LogP) is 6.19. The Hall–Kier alpha value is -5.16. The Morgan fingerprint density at radius 1 is 0.532 bits per heavy atom. The summed E-state index contributed by atoms with van der Waals surface area (Å²) < 4.78 is 79.4. The predicted molar refractivity (Wildman–Crippen MR) is 237 cm³/mol. The van der Waals surface area contributed by atoms with Crippen molar-refractivity contribution in [3.63, 3.8) is 0 Å². The first kappa shape index (κ1) is 46.3. The van der Waals surface area contributed by atoms with Gasteiger partial charge in [0.15, 0.2) is 11.5 Å². The zero-order valence-corrected chi connectivity index (χ0v) is 37.6. The molecule has 1 atom stereocenters. The molecule has 0 aromatic heterocycles. The number of amides is 2. The van der Waals surface area contributed by atoms with Gasteiger partial charge in [-0.15, -0.1) is 0 Å². The van der Waals surface area contributed by atoms with E-state index < -0.39 is 31.9 Å². The van der Waals surface area contributed by atoms with E-state index in [1.54, 1.807) is 20.3 Å². The molecule has 334 valence electrons. The second-order valence-electron chi connectivity index (χ2n) is 15.5. The van der Waals surface area contributed by atoms with Crippen LogP contribution in [0.3, 0.4) is 0 Å². The molecule has 2 N–H and O–H groups in total. The monoisotopic (exact) mass is 890 g/mol. The molecule has 0 aliphatic carbocycles. The number of carbonyl (C=O) groups excluding carboxylic acids is 2. The van der Waals surface area contributed by atoms with Gasteiger partial charge in [0.05, 0.1) is 49.4 Å². The first-order valence-corrected chi connectivity index (χ1v) is 24.0. The zero-order chi connectivity index (χ0) is 44.3. The van der Waals surface area contributed by atoms with Crippen LogP contribution < -0.4 is 29.6 Å². The molecule has 2 amide bonds. The number of ether oxygens (including phenoxy) is 4. The third kappa shape index (κ3) is 11.1. The van der Waals surface area contributed by atoms with Crippen LogP contribution >= 0.6 is 0 Å². The van der Waals surface area contributed by atoms with Crippen LogP contribution in [0, 0.1) is 0 Å². The molecule has 2 fully saturated rings. The number of carbonyl (C=O) groups is 2. The summed E-state index contributed by atoms with van der Waals surface area (Å²) in [5.74, 6) is 1.06. The van der Waals surface area contributed by atoms with Crippen molar-refractivity contribution < 1.29 is 45.4 Å². The minimum absolute atomic E-state index is 0.0299. The fourth-order valence-corrected chi connectivity index (χ4v) is 11.2. The van der Waals surface area contributed by atoms with Crippen LogP contribution in [0.15, 0.2) is 88.7 Å². The van der Waals surface area contributed by atoms with Gasteiger partial charge in [0.2, 0.25) is 20.0 Å². The van der Waals surface area contributed by atoms with Crippen molar-refractivity contribution in [3.8, 4) is 23.0 Å². The van der Waals surface area contributed by atoms with E-state index in [4.69, 9.17) is 18.9 Å². The van der Waals surface area contributed by atoms with Gasteiger partial charge in [-0.05, 0) is 116 Å². The number of hydrogen-bond acceptors (Lipinski definition) is 10. The van der Waals surface area contributed by atoms with Crippen molar-refractivity contribution in [2.45, 2.75) is 73.5 Å². The lowest BCUT2D eigenvalue weighted by molar-refractivity contribution is 0.0942. The molecule has 4 aromatic rings. The summed E-state index contributed by atoms with van der Waals surface area (Å²) >= 11 is 0. The summed E-state index contributed by atoms with van der Waals surface area (Å²) in [6.45, 7) is 2.25. The third-order valence-electron chi connectivity index (χ3n) is 11.7. The van der Waals surface area contributed by atoms with Gasteiger partial charge in [0.25, 0.3) is 11.8 Å². The third-order valence-corrected chi connectivity index (χ3v) is 15.4. The van der Waals surface area contributed by atoms with Crippen LogP contribution in [0.5, 0.6) is 23.0 Å². The highest BCUT2D eigenvalue weighted by Gasteiger charge is 2.30. The maximum Gasteiger partial charge on any atom is 0.255 e. The molecule has 2 heterocycles. The molecule has 1 unspecified atom stereocenters. The lowest BCUT2D eigenvalue weighted by atomic mass is 9.91. The molecule has 14 nitrogen and oxygen atoms in total. The Labute approximate surface area is 366 Å². The lowest BCUT2D eigenvalue weighted by Crippen LogP contribution is -2.32. The molecule has 16 heteroatoms. The number of hydrogen-bond donors (Lipinski definition) is 2. The van der Waals surface area contributed by atoms with E-state index in [9.17, 15) is 26.4 Å². The molecule has 2 saturated heterocycles. The van der Waals surface area contributed by atoms with Gasteiger partial charge in [0, 0.05) is 39.3 Å². The summed E-state index contributed by atoms with van der Waals surface area (Å²) in [5, 5.41) is 5.81. The van der Waals surface area contributed by atoms with Crippen molar-refractivity contribution in [1.29, 1.82) is 0 Å². The number of nitrogens with one attached hydrogen (secondary N) is 2. The summed E-state index contributed by atoms with van der Waals surface area (Å²) in [4.78, 5) is 26.8. The van der Waals surface area contributed by atoms with Crippen molar-refractivity contribution in [2.75, 3.05) is 67.7 Å². The SMILES string of the molecule is COc1ccc(CCNC(=O)c2cc(S(=O)(=O)N3CCCC(c4ccc(CCNC(=O)c5cc(S(=O)(=O)N6CCCCCC6)ccc5OC)cc4)CC3)ccc2OC)cc1OC. The summed E-state index contributed by atoms with van der Waals surface area (Å²) in [5.41, 5.74) is 3.36. The van der Waals surface area contributed by atoms with Gasteiger partial charge in [-0.1, -0.05) is 43.2 Å². The van der Waals surface area contributed by atoms with Crippen molar-refractivity contribution in [2.24, 2.45) is 0 Å². The standard InChI is InChI=1S/C46H58N4O10S2/c1-57-41-19-16-37(61(53,54)49-26-7-5-6-8-27-49)31-39(41)45(51)47-24-21-33-11-14-36(15-12-33)35-10-9-28-50(29-23-35)62(55,56)38-17-20-42(58-2)40(32-38)46(52)48-25-22-34-13-18-43(59-3)44(30-34)60-4/h11-20,30-32,35H,5-10,21-29H2,1-4H3,(H,47,51)(H,48,52). The van der Waals surface area contributed by atoms with Gasteiger partial charge in [0.1, 0.15) is 11.5 Å². The Kier molecular flexibility index (Phi) is 15.9. The molecule has 0 bridgehead atoms. The van der Waals surface area contributed by atoms with Gasteiger partial charge in [-0.25, -0.2) is 16.8 Å². The van der Waals surface area contributed by atoms with Gasteiger partial charge in [-0.2, -0.15) is 8.61 Å². The van der Waals surface area contributed by atoms with Crippen molar-refractivity contribution in [1.82, 2.24) is 19.2 Å². The fraction of sp³-hybridized carbons (Fsp3) is 0.435. The Bertz CT molecular complexity index is 2400. The highest BCUT2D eigenvalue weighted by molar-refractivity contribution is 7.89. The van der Waals surface area contributed by atoms with Crippen molar-refractivity contribution in [3.05, 3.63) is 107 Å². The molecule has 0 saturated carbocycles. The molecule has 0 spiro atoms. The topological polar surface area (TPSA) is 170 Å². The zero-order valence-electron chi connectivity index (χ0n) is 36.0. The van der Waals surface area contributed by atoms with E-state index in [-0.39, 0.29) is 32.6 Å². The average molecular weight is 891 g/mol.